The predicted molar refractivity (Wildman–Crippen MR) is 194 cm³/mol. The highest BCUT2D eigenvalue weighted by Crippen LogP contribution is 2.48. The SMILES string of the molecule is CCCCCCCCCCCCCCCC(=O)O[C@H](COC(=O)CCCCCCCCN)COP(=O)(O)OC1C(O)[C@H](O)C(OP(=O)(O)O)[C@H](O)[C@@H]1O. The molecule has 1 fully saturated rings. The zero-order valence-electron chi connectivity index (χ0n) is 31.3. The number of hydrogen-bond acceptors (Lipinski definition) is 14. The molecular formula is C34H67NO16P2. The van der Waals surface area contributed by atoms with Crippen molar-refractivity contribution in [2.45, 2.75) is 184 Å². The second-order valence-corrected chi connectivity index (χ2v) is 16.4. The number of aliphatic hydroxyl groups excluding tert-OH is 4. The topological polar surface area (TPSA) is 282 Å². The Morgan fingerprint density at radius 2 is 0.981 bits per heavy atom. The van der Waals surface area contributed by atoms with E-state index in [1.807, 2.05) is 0 Å². The van der Waals surface area contributed by atoms with Crippen LogP contribution in [0.1, 0.15) is 142 Å². The molecule has 0 saturated heterocycles. The van der Waals surface area contributed by atoms with E-state index >= 15 is 0 Å². The van der Waals surface area contributed by atoms with Crippen LogP contribution in [0.2, 0.25) is 0 Å². The highest BCUT2D eigenvalue weighted by molar-refractivity contribution is 7.47. The van der Waals surface area contributed by atoms with Crippen molar-refractivity contribution in [3.05, 3.63) is 0 Å². The standard InChI is InChI=1S/C34H67NO16P2/c1-2-3-4-5-6-7-8-9-10-11-12-16-19-22-28(37)49-26(24-47-27(36)21-18-15-13-14-17-20-23-35)25-48-53(45,46)51-34-31(40)29(38)33(30(39)32(34)41)50-52(42,43)44/h26,29-34,38-41H,2-25,35H2,1H3,(H,45,46)(H2,42,43,44)/t26-,29-,30+,31+,32?,33?,34?/m1/s1. The van der Waals surface area contributed by atoms with Gasteiger partial charge in [-0.1, -0.05) is 110 Å². The number of esters is 2. The molecule has 0 aliphatic heterocycles. The van der Waals surface area contributed by atoms with E-state index in [1.54, 1.807) is 0 Å². The Morgan fingerprint density at radius 3 is 1.42 bits per heavy atom. The number of unbranched alkanes of at least 4 members (excludes halogenated alkanes) is 17. The molecule has 0 aromatic carbocycles. The molecule has 0 bridgehead atoms. The Labute approximate surface area is 314 Å². The first-order valence-corrected chi connectivity index (χ1v) is 22.3. The molecule has 17 nitrogen and oxygen atoms in total. The summed E-state index contributed by atoms with van der Waals surface area (Å²) in [5.74, 6) is -1.22. The van der Waals surface area contributed by atoms with Gasteiger partial charge in [-0.25, -0.2) is 9.13 Å². The van der Waals surface area contributed by atoms with Gasteiger partial charge in [0.1, 0.15) is 43.2 Å². The molecule has 1 saturated carbocycles. The first-order valence-electron chi connectivity index (χ1n) is 19.3. The Hall–Kier alpha value is -1.04. The van der Waals surface area contributed by atoms with E-state index < -0.39 is 83.5 Å². The number of phosphoric ester groups is 2. The molecule has 8 atom stereocenters. The third-order valence-corrected chi connectivity index (χ3v) is 10.5. The number of hydrogen-bond donors (Lipinski definition) is 8. The molecule has 0 heterocycles. The van der Waals surface area contributed by atoms with Gasteiger partial charge < -0.3 is 50.3 Å². The average Bonchev–Trinajstić information content (AvgIpc) is 3.10. The van der Waals surface area contributed by atoms with Gasteiger partial charge >= 0.3 is 27.6 Å². The Morgan fingerprint density at radius 1 is 0.585 bits per heavy atom. The molecule has 1 aliphatic carbocycles. The zero-order chi connectivity index (χ0) is 39.7. The van der Waals surface area contributed by atoms with Gasteiger partial charge in [0.2, 0.25) is 0 Å². The van der Waals surface area contributed by atoms with Crippen LogP contribution >= 0.6 is 15.6 Å². The second-order valence-electron chi connectivity index (χ2n) is 13.8. The van der Waals surface area contributed by atoms with Crippen molar-refractivity contribution < 1.29 is 76.9 Å². The summed E-state index contributed by atoms with van der Waals surface area (Å²) >= 11 is 0. The molecule has 0 aromatic heterocycles. The second kappa shape index (κ2) is 28.4. The Balaban J connectivity index is 2.65. The summed E-state index contributed by atoms with van der Waals surface area (Å²) in [4.78, 5) is 53.4. The van der Waals surface area contributed by atoms with Crippen molar-refractivity contribution >= 4 is 27.6 Å². The van der Waals surface area contributed by atoms with E-state index in [2.05, 4.69) is 11.4 Å². The zero-order valence-corrected chi connectivity index (χ0v) is 33.1. The highest BCUT2D eigenvalue weighted by atomic mass is 31.2. The van der Waals surface area contributed by atoms with E-state index in [4.69, 9.17) is 34.0 Å². The summed E-state index contributed by atoms with van der Waals surface area (Å²) in [7, 11) is -10.6. The van der Waals surface area contributed by atoms with Crippen LogP contribution in [0.3, 0.4) is 0 Å². The van der Waals surface area contributed by atoms with Crippen molar-refractivity contribution in [2.75, 3.05) is 19.8 Å². The van der Waals surface area contributed by atoms with Crippen LogP contribution in [0.25, 0.3) is 0 Å². The number of carbonyl (C=O) groups excluding carboxylic acids is 2. The maximum atomic E-state index is 12.8. The molecule has 4 unspecified atom stereocenters. The lowest BCUT2D eigenvalue weighted by Crippen LogP contribution is -2.64. The van der Waals surface area contributed by atoms with Gasteiger partial charge in [0, 0.05) is 12.8 Å². The minimum atomic E-state index is -5.30. The minimum absolute atomic E-state index is 0.0493. The number of nitrogens with two attached hydrogens (primary N) is 1. The van der Waals surface area contributed by atoms with Crippen LogP contribution in [-0.2, 0) is 41.8 Å². The number of phosphoric acid groups is 2. The van der Waals surface area contributed by atoms with E-state index in [0.29, 0.717) is 19.4 Å². The van der Waals surface area contributed by atoms with Crippen LogP contribution in [-0.4, -0.2) is 110 Å². The number of aliphatic hydroxyl groups is 4. The van der Waals surface area contributed by atoms with E-state index in [1.165, 1.54) is 51.4 Å². The minimum Gasteiger partial charge on any atom is -0.462 e. The van der Waals surface area contributed by atoms with Gasteiger partial charge in [-0.3, -0.25) is 23.2 Å². The van der Waals surface area contributed by atoms with Gasteiger partial charge in [-0.2, -0.15) is 0 Å². The van der Waals surface area contributed by atoms with Crippen molar-refractivity contribution in [1.82, 2.24) is 0 Å². The van der Waals surface area contributed by atoms with Crippen LogP contribution < -0.4 is 5.73 Å². The number of rotatable bonds is 32. The maximum absolute atomic E-state index is 12.8. The van der Waals surface area contributed by atoms with E-state index in [0.717, 1.165) is 57.8 Å². The summed E-state index contributed by atoms with van der Waals surface area (Å²) in [5, 5.41) is 41.2. The third kappa shape index (κ3) is 23.6. The van der Waals surface area contributed by atoms with Crippen LogP contribution in [0.15, 0.2) is 0 Å². The molecule has 1 rings (SSSR count). The van der Waals surface area contributed by atoms with Crippen molar-refractivity contribution in [2.24, 2.45) is 5.73 Å². The Kier molecular flexibility index (Phi) is 26.8. The fraction of sp³-hybridized carbons (Fsp3) is 0.941. The summed E-state index contributed by atoms with van der Waals surface area (Å²) in [6.07, 6.45) is 5.26. The molecule has 0 radical (unpaired) electrons. The largest absolute Gasteiger partial charge is 0.472 e. The molecule has 19 heteroatoms. The number of ether oxygens (including phenoxy) is 2. The van der Waals surface area contributed by atoms with Crippen LogP contribution in [0.5, 0.6) is 0 Å². The van der Waals surface area contributed by atoms with Gasteiger partial charge in [-0.05, 0) is 25.8 Å². The lowest BCUT2D eigenvalue weighted by atomic mass is 9.85. The first kappa shape index (κ1) is 50.0. The smallest absolute Gasteiger partial charge is 0.462 e. The molecule has 53 heavy (non-hydrogen) atoms. The molecule has 9 N–H and O–H groups in total. The van der Waals surface area contributed by atoms with Gasteiger partial charge in [0.05, 0.1) is 6.61 Å². The quantitative estimate of drug-likeness (QED) is 0.0270. The van der Waals surface area contributed by atoms with Crippen molar-refractivity contribution in [3.63, 3.8) is 0 Å². The summed E-state index contributed by atoms with van der Waals surface area (Å²) in [6.45, 7) is 1.51. The normalized spacial score (nSPS) is 23.7. The molecule has 0 amide bonds. The summed E-state index contributed by atoms with van der Waals surface area (Å²) < 4.78 is 48.7. The monoisotopic (exact) mass is 807 g/mol. The van der Waals surface area contributed by atoms with Crippen LogP contribution in [0.4, 0.5) is 0 Å². The third-order valence-electron chi connectivity index (χ3n) is 9.03. The van der Waals surface area contributed by atoms with Gasteiger partial charge in [0.15, 0.2) is 6.10 Å². The van der Waals surface area contributed by atoms with Crippen LogP contribution in [0, 0.1) is 0 Å². The lowest BCUT2D eigenvalue weighted by Gasteiger charge is -2.43. The number of carbonyl (C=O) groups is 2. The highest BCUT2D eigenvalue weighted by Gasteiger charge is 2.54. The van der Waals surface area contributed by atoms with Crippen molar-refractivity contribution in [1.29, 1.82) is 0 Å². The average molecular weight is 808 g/mol. The molecule has 0 spiro atoms. The van der Waals surface area contributed by atoms with Gasteiger partial charge in [-0.15, -0.1) is 0 Å². The lowest BCUT2D eigenvalue weighted by molar-refractivity contribution is -0.216. The molecule has 1 aliphatic rings. The molecule has 314 valence electrons. The van der Waals surface area contributed by atoms with Gasteiger partial charge in [0.25, 0.3) is 0 Å². The van der Waals surface area contributed by atoms with E-state index in [9.17, 15) is 44.0 Å². The Bertz CT molecular complexity index is 1070. The summed E-state index contributed by atoms with van der Waals surface area (Å²) in [5.41, 5.74) is 5.50. The predicted octanol–water partition coefficient (Wildman–Crippen LogP) is 4.05. The fourth-order valence-corrected chi connectivity index (χ4v) is 7.52. The van der Waals surface area contributed by atoms with E-state index in [-0.39, 0.29) is 12.8 Å². The fourth-order valence-electron chi connectivity index (χ4n) is 5.98. The molecular weight excluding hydrogens is 740 g/mol. The first-order chi connectivity index (χ1) is 25.1. The molecule has 0 aromatic rings. The summed E-state index contributed by atoms with van der Waals surface area (Å²) in [6, 6.07) is 0. The maximum Gasteiger partial charge on any atom is 0.472 e. The van der Waals surface area contributed by atoms with Crippen molar-refractivity contribution in [3.8, 4) is 0 Å².